The Morgan fingerprint density at radius 3 is 2.77 bits per heavy atom. The summed E-state index contributed by atoms with van der Waals surface area (Å²) >= 11 is 0. The number of nitrogens with one attached hydrogen (secondary N) is 1. The van der Waals surface area contributed by atoms with Crippen LogP contribution in [0.3, 0.4) is 0 Å². The molecular weight excluding hydrogens is 396 g/mol. The molecule has 0 aliphatic rings. The van der Waals surface area contributed by atoms with Crippen molar-refractivity contribution >= 4 is 22.6 Å². The van der Waals surface area contributed by atoms with E-state index in [-0.39, 0.29) is 12.3 Å². The van der Waals surface area contributed by atoms with E-state index in [1.807, 2.05) is 29.9 Å². The van der Waals surface area contributed by atoms with Crippen LogP contribution in [-0.4, -0.2) is 47.3 Å². The predicted molar refractivity (Wildman–Crippen MR) is 121 cm³/mol. The van der Waals surface area contributed by atoms with Crippen LogP contribution in [0.15, 0.2) is 39.8 Å². The second-order valence-corrected chi connectivity index (χ2v) is 7.42. The summed E-state index contributed by atoms with van der Waals surface area (Å²) in [6.45, 7) is 9.80. The highest BCUT2D eigenvalue weighted by Crippen LogP contribution is 2.24. The van der Waals surface area contributed by atoms with Gasteiger partial charge in [-0.1, -0.05) is 13.8 Å². The molecule has 1 aromatic carbocycles. The van der Waals surface area contributed by atoms with Gasteiger partial charge in [0.05, 0.1) is 25.5 Å². The zero-order valence-corrected chi connectivity index (χ0v) is 18.6. The molecule has 0 saturated heterocycles. The van der Waals surface area contributed by atoms with Crippen molar-refractivity contribution in [1.29, 1.82) is 0 Å². The maximum Gasteiger partial charge on any atom is 0.339 e. The average molecular weight is 427 g/mol. The minimum atomic E-state index is -0.421. The molecule has 2 aromatic heterocycles. The van der Waals surface area contributed by atoms with Gasteiger partial charge >= 0.3 is 5.63 Å². The first-order valence-corrected chi connectivity index (χ1v) is 10.6. The molecule has 0 fully saturated rings. The molecule has 166 valence electrons. The van der Waals surface area contributed by atoms with E-state index in [1.54, 1.807) is 19.4 Å². The molecule has 0 aliphatic carbocycles. The van der Waals surface area contributed by atoms with Crippen molar-refractivity contribution in [1.82, 2.24) is 14.7 Å². The quantitative estimate of drug-likeness (QED) is 0.501. The molecule has 3 rings (SSSR count). The van der Waals surface area contributed by atoms with Crippen LogP contribution in [-0.2, 0) is 17.8 Å². The summed E-state index contributed by atoms with van der Waals surface area (Å²) in [6, 6.07) is 5.38. The molecule has 0 bridgehead atoms. The Morgan fingerprint density at radius 2 is 2.06 bits per heavy atom. The number of methoxy groups -OCH3 is 1. The van der Waals surface area contributed by atoms with Crippen molar-refractivity contribution in [2.75, 3.05) is 32.1 Å². The zero-order chi connectivity index (χ0) is 22.4. The highest BCUT2D eigenvalue weighted by molar-refractivity contribution is 5.90. The number of anilines is 1. The fourth-order valence-electron chi connectivity index (χ4n) is 3.59. The monoisotopic (exact) mass is 426 g/mol. The van der Waals surface area contributed by atoms with E-state index in [0.717, 1.165) is 37.1 Å². The summed E-state index contributed by atoms with van der Waals surface area (Å²) < 4.78 is 12.5. The number of hydrogen-bond acceptors (Lipinski definition) is 6. The lowest BCUT2D eigenvalue weighted by molar-refractivity contribution is -0.116. The van der Waals surface area contributed by atoms with Crippen molar-refractivity contribution in [2.24, 2.45) is 0 Å². The first-order valence-electron chi connectivity index (χ1n) is 10.6. The Bertz CT molecular complexity index is 1100. The lowest BCUT2D eigenvalue weighted by Crippen LogP contribution is -2.27. The molecule has 1 amide bonds. The van der Waals surface area contributed by atoms with Gasteiger partial charge in [-0.25, -0.2) is 4.79 Å². The summed E-state index contributed by atoms with van der Waals surface area (Å²) in [5.41, 5.74) is 2.05. The molecule has 0 radical (unpaired) electrons. The van der Waals surface area contributed by atoms with Crippen LogP contribution in [0.2, 0.25) is 0 Å². The first kappa shape index (κ1) is 22.6. The third kappa shape index (κ3) is 5.52. The number of aryl methyl sites for hydroxylation is 1. The van der Waals surface area contributed by atoms with E-state index >= 15 is 0 Å². The number of amides is 1. The molecule has 0 unspecified atom stereocenters. The number of likely N-dealkylation sites (N-methyl/N-ethyl adjacent to an activating group) is 1. The van der Waals surface area contributed by atoms with Crippen molar-refractivity contribution in [2.45, 2.75) is 40.2 Å². The van der Waals surface area contributed by atoms with E-state index < -0.39 is 5.63 Å². The maximum absolute atomic E-state index is 12.4. The third-order valence-electron chi connectivity index (χ3n) is 5.55. The average Bonchev–Trinajstić information content (AvgIpc) is 3.20. The second kappa shape index (κ2) is 10.3. The molecule has 8 heteroatoms. The highest BCUT2D eigenvalue weighted by atomic mass is 16.5. The van der Waals surface area contributed by atoms with Gasteiger partial charge in [-0.05, 0) is 44.1 Å². The third-order valence-corrected chi connectivity index (χ3v) is 5.55. The van der Waals surface area contributed by atoms with Crippen molar-refractivity contribution in [3.05, 3.63) is 52.1 Å². The number of carbonyl (C=O) groups is 1. The highest BCUT2D eigenvalue weighted by Gasteiger charge is 2.14. The summed E-state index contributed by atoms with van der Waals surface area (Å²) in [5.74, 6) is 0.455. The fourth-order valence-corrected chi connectivity index (χ4v) is 3.59. The number of fused-ring (bicyclic) bond motifs is 1. The number of carbonyl (C=O) groups excluding carboxylic acids is 1. The zero-order valence-electron chi connectivity index (χ0n) is 18.6. The minimum absolute atomic E-state index is 0.170. The van der Waals surface area contributed by atoms with Crippen LogP contribution >= 0.6 is 0 Å². The van der Waals surface area contributed by atoms with Crippen LogP contribution < -0.4 is 15.7 Å². The van der Waals surface area contributed by atoms with E-state index in [2.05, 4.69) is 29.2 Å². The van der Waals surface area contributed by atoms with Crippen molar-refractivity contribution in [3.8, 4) is 5.75 Å². The first-order chi connectivity index (χ1) is 14.9. The molecule has 3 aromatic rings. The summed E-state index contributed by atoms with van der Waals surface area (Å²) in [6.07, 6.45) is 3.95. The normalized spacial score (nSPS) is 11.3. The van der Waals surface area contributed by atoms with Gasteiger partial charge in [0, 0.05) is 36.2 Å². The van der Waals surface area contributed by atoms with Crippen LogP contribution in [0.25, 0.3) is 11.0 Å². The van der Waals surface area contributed by atoms with Gasteiger partial charge in [0.15, 0.2) is 0 Å². The summed E-state index contributed by atoms with van der Waals surface area (Å²) in [4.78, 5) is 27.2. The Balaban J connectivity index is 1.61. The van der Waals surface area contributed by atoms with Crippen molar-refractivity contribution in [3.63, 3.8) is 0 Å². The molecule has 0 spiro atoms. The fraction of sp³-hybridized carbons (Fsp3) is 0.435. The van der Waals surface area contributed by atoms with Gasteiger partial charge in [0.1, 0.15) is 11.3 Å². The van der Waals surface area contributed by atoms with E-state index in [0.29, 0.717) is 29.0 Å². The van der Waals surface area contributed by atoms with Crippen molar-refractivity contribution < 1.29 is 13.9 Å². The van der Waals surface area contributed by atoms with Gasteiger partial charge in [-0.15, -0.1) is 0 Å². The van der Waals surface area contributed by atoms with Crippen LogP contribution in [0, 0.1) is 6.92 Å². The molecule has 8 nitrogen and oxygen atoms in total. The molecule has 1 N–H and O–H groups in total. The standard InChI is InChI=1S/C23H30N4O4/c1-5-26(6-2)11-12-27-15-17(14-24-27)25-22(28)10-9-20-16(3)19-8-7-18(30-4)13-21(19)31-23(20)29/h7-8,13-15H,5-6,9-12H2,1-4H3,(H,25,28). The number of aromatic nitrogens is 2. The lowest BCUT2D eigenvalue weighted by Gasteiger charge is -2.17. The van der Waals surface area contributed by atoms with Gasteiger partial charge in [0.25, 0.3) is 0 Å². The largest absolute Gasteiger partial charge is 0.497 e. The maximum atomic E-state index is 12.4. The van der Waals surface area contributed by atoms with Gasteiger partial charge in [-0.2, -0.15) is 5.10 Å². The summed E-state index contributed by atoms with van der Waals surface area (Å²) in [5, 5.41) is 8.00. The number of hydrogen-bond donors (Lipinski definition) is 1. The molecular formula is C23H30N4O4. The Hall–Kier alpha value is -3.13. The molecule has 2 heterocycles. The van der Waals surface area contributed by atoms with Crippen LogP contribution in [0.5, 0.6) is 5.75 Å². The second-order valence-electron chi connectivity index (χ2n) is 7.42. The topological polar surface area (TPSA) is 89.6 Å². The van der Waals surface area contributed by atoms with Gasteiger partial charge in [0.2, 0.25) is 5.91 Å². The minimum Gasteiger partial charge on any atom is -0.497 e. The smallest absolute Gasteiger partial charge is 0.339 e. The number of rotatable bonds is 10. The molecule has 31 heavy (non-hydrogen) atoms. The molecule has 0 atom stereocenters. The van der Waals surface area contributed by atoms with Crippen LogP contribution in [0.4, 0.5) is 5.69 Å². The van der Waals surface area contributed by atoms with Crippen LogP contribution in [0.1, 0.15) is 31.4 Å². The number of ether oxygens (including phenoxy) is 1. The van der Waals surface area contributed by atoms with E-state index in [9.17, 15) is 9.59 Å². The van der Waals surface area contributed by atoms with Gasteiger partial charge in [-0.3, -0.25) is 9.48 Å². The van der Waals surface area contributed by atoms with Gasteiger partial charge < -0.3 is 19.4 Å². The lowest BCUT2D eigenvalue weighted by atomic mass is 10.0. The number of benzene rings is 1. The van der Waals surface area contributed by atoms with E-state index in [4.69, 9.17) is 9.15 Å². The van der Waals surface area contributed by atoms with E-state index in [1.165, 1.54) is 0 Å². The molecule has 0 aliphatic heterocycles. The molecule has 0 saturated carbocycles. The Kier molecular flexibility index (Phi) is 7.46. The predicted octanol–water partition coefficient (Wildman–Crippen LogP) is 3.22. The number of nitrogens with zero attached hydrogens (tertiary/aromatic N) is 3. The summed E-state index contributed by atoms with van der Waals surface area (Å²) in [7, 11) is 1.56. The Labute approximate surface area is 181 Å². The Morgan fingerprint density at radius 1 is 1.29 bits per heavy atom. The SMILES string of the molecule is CCN(CC)CCn1cc(NC(=O)CCc2c(C)c3ccc(OC)cc3oc2=O)cn1.